The van der Waals surface area contributed by atoms with Crippen LogP contribution in [0.3, 0.4) is 0 Å². The van der Waals surface area contributed by atoms with E-state index in [1.54, 1.807) is 6.07 Å². The number of hydrogen-bond donors (Lipinski definition) is 2. The van der Waals surface area contributed by atoms with Crippen LogP contribution in [0.4, 0.5) is 24.5 Å². The van der Waals surface area contributed by atoms with Gasteiger partial charge in [0.05, 0.1) is 16.2 Å². The first-order valence-corrected chi connectivity index (χ1v) is 8.98. The third kappa shape index (κ3) is 5.31. The number of nitrogens with zero attached hydrogens (tertiary/aromatic N) is 3. The van der Waals surface area contributed by atoms with Gasteiger partial charge < -0.3 is 5.32 Å². The summed E-state index contributed by atoms with van der Waals surface area (Å²) in [4.78, 5) is 26.4. The molecule has 3 rings (SSSR count). The molecule has 0 aliphatic heterocycles. The molecule has 0 fully saturated rings. The Hall–Kier alpha value is -3.41. The summed E-state index contributed by atoms with van der Waals surface area (Å²) in [6, 6.07) is 10.1. The number of anilines is 1. The number of halogens is 3. The lowest BCUT2D eigenvalue weighted by atomic mass is 10.2. The molecule has 0 spiro atoms. The van der Waals surface area contributed by atoms with Crippen LogP contribution in [0.5, 0.6) is 0 Å². The average molecular weight is 423 g/mol. The predicted molar refractivity (Wildman–Crippen MR) is 99.3 cm³/mol. The van der Waals surface area contributed by atoms with Gasteiger partial charge in [-0.05, 0) is 18.2 Å². The van der Waals surface area contributed by atoms with Crippen LogP contribution in [-0.4, -0.2) is 31.8 Å². The van der Waals surface area contributed by atoms with Crippen molar-refractivity contribution in [3.05, 3.63) is 64.2 Å². The fraction of sp³-hybridized carbons (Fsp3) is 0.118. The van der Waals surface area contributed by atoms with Crippen LogP contribution in [0.25, 0.3) is 11.4 Å². The Morgan fingerprint density at radius 1 is 1.21 bits per heavy atom. The quantitative estimate of drug-likeness (QED) is 0.350. The molecular formula is C17H12F3N5O3S. The molecule has 150 valence electrons. The summed E-state index contributed by atoms with van der Waals surface area (Å²) in [5.74, 6) is -0.381. The lowest BCUT2D eigenvalue weighted by molar-refractivity contribution is -0.384. The van der Waals surface area contributed by atoms with Gasteiger partial charge in [0, 0.05) is 23.4 Å². The molecule has 3 aromatic rings. The first kappa shape index (κ1) is 20.3. The molecule has 12 heteroatoms. The molecule has 1 heterocycles. The van der Waals surface area contributed by atoms with E-state index in [1.165, 1.54) is 30.3 Å². The minimum Gasteiger partial charge on any atom is -0.325 e. The van der Waals surface area contributed by atoms with Crippen LogP contribution in [0.15, 0.2) is 53.7 Å². The highest BCUT2D eigenvalue weighted by Crippen LogP contribution is 2.30. The molecule has 0 unspecified atom stereocenters. The Morgan fingerprint density at radius 3 is 2.69 bits per heavy atom. The van der Waals surface area contributed by atoms with Crippen LogP contribution in [-0.2, 0) is 11.0 Å². The number of rotatable bonds is 6. The van der Waals surface area contributed by atoms with Gasteiger partial charge in [-0.15, -0.1) is 5.10 Å². The van der Waals surface area contributed by atoms with E-state index >= 15 is 0 Å². The lowest BCUT2D eigenvalue weighted by Gasteiger charge is -2.09. The minimum absolute atomic E-state index is 0.0256. The largest absolute Gasteiger partial charge is 0.416 e. The van der Waals surface area contributed by atoms with Gasteiger partial charge in [-0.1, -0.05) is 30.0 Å². The third-order valence-electron chi connectivity index (χ3n) is 3.60. The number of non-ortho nitro benzene ring substituents is 1. The molecule has 0 saturated carbocycles. The molecule has 1 amide bonds. The van der Waals surface area contributed by atoms with E-state index in [0.717, 1.165) is 23.9 Å². The van der Waals surface area contributed by atoms with Gasteiger partial charge in [0.15, 0.2) is 5.82 Å². The fourth-order valence-corrected chi connectivity index (χ4v) is 2.91. The van der Waals surface area contributed by atoms with Crippen molar-refractivity contribution in [2.24, 2.45) is 0 Å². The predicted octanol–water partition coefficient (Wildman–Crippen LogP) is 4.13. The van der Waals surface area contributed by atoms with Crippen molar-refractivity contribution in [3.8, 4) is 11.4 Å². The zero-order valence-electron chi connectivity index (χ0n) is 14.4. The number of carbonyl (C=O) groups excluding carboxylic acids is 1. The van der Waals surface area contributed by atoms with Crippen molar-refractivity contribution in [1.82, 2.24) is 15.2 Å². The van der Waals surface area contributed by atoms with E-state index in [9.17, 15) is 28.1 Å². The van der Waals surface area contributed by atoms with E-state index in [1.807, 2.05) is 0 Å². The Balaban J connectivity index is 1.61. The summed E-state index contributed by atoms with van der Waals surface area (Å²) in [6.07, 6.45) is -4.50. The van der Waals surface area contributed by atoms with E-state index in [-0.39, 0.29) is 28.1 Å². The lowest BCUT2D eigenvalue weighted by Crippen LogP contribution is -2.15. The average Bonchev–Trinajstić information content (AvgIpc) is 3.15. The summed E-state index contributed by atoms with van der Waals surface area (Å²) >= 11 is 0.962. The van der Waals surface area contributed by atoms with Gasteiger partial charge in [0.1, 0.15) is 0 Å². The molecule has 0 radical (unpaired) electrons. The third-order valence-corrected chi connectivity index (χ3v) is 4.45. The van der Waals surface area contributed by atoms with Crippen molar-refractivity contribution >= 4 is 29.0 Å². The van der Waals surface area contributed by atoms with Gasteiger partial charge in [-0.3, -0.25) is 20.0 Å². The van der Waals surface area contributed by atoms with Crippen LogP contribution >= 0.6 is 11.8 Å². The number of aromatic nitrogens is 3. The molecule has 0 atom stereocenters. The number of nitro benzene ring substituents is 1. The zero-order chi connectivity index (χ0) is 21.0. The Kier molecular flexibility index (Phi) is 5.82. The molecule has 2 aromatic carbocycles. The zero-order valence-corrected chi connectivity index (χ0v) is 15.3. The summed E-state index contributed by atoms with van der Waals surface area (Å²) in [7, 11) is 0. The maximum atomic E-state index is 12.7. The van der Waals surface area contributed by atoms with Gasteiger partial charge in [-0.25, -0.2) is 4.98 Å². The molecule has 0 saturated heterocycles. The summed E-state index contributed by atoms with van der Waals surface area (Å²) < 4.78 is 38.1. The number of aromatic amines is 1. The second-order valence-electron chi connectivity index (χ2n) is 5.69. The number of amides is 1. The second kappa shape index (κ2) is 8.31. The molecule has 0 bridgehead atoms. The Morgan fingerprint density at radius 2 is 1.97 bits per heavy atom. The molecule has 8 nitrogen and oxygen atoms in total. The van der Waals surface area contributed by atoms with Crippen LogP contribution in [0, 0.1) is 10.1 Å². The van der Waals surface area contributed by atoms with Crippen molar-refractivity contribution in [2.45, 2.75) is 11.3 Å². The van der Waals surface area contributed by atoms with E-state index in [2.05, 4.69) is 20.5 Å². The van der Waals surface area contributed by atoms with E-state index in [4.69, 9.17) is 0 Å². The van der Waals surface area contributed by atoms with Crippen molar-refractivity contribution < 1.29 is 22.9 Å². The standard InChI is InChI=1S/C17H12F3N5O3S/c18-17(19,20)11-4-2-5-12(8-11)21-14(26)9-29-16-22-15(23-24-16)10-3-1-6-13(7-10)25(27)28/h1-8H,9H2,(H,21,26)(H,22,23,24). The highest BCUT2D eigenvalue weighted by molar-refractivity contribution is 7.99. The van der Waals surface area contributed by atoms with E-state index < -0.39 is 22.6 Å². The number of alkyl halides is 3. The second-order valence-corrected chi connectivity index (χ2v) is 6.63. The first-order valence-electron chi connectivity index (χ1n) is 7.99. The SMILES string of the molecule is O=C(CSc1n[nH]c(-c2cccc([N+](=O)[O-])c2)n1)Nc1cccc(C(F)(F)F)c1. The Labute approximate surface area is 165 Å². The van der Waals surface area contributed by atoms with Crippen molar-refractivity contribution in [3.63, 3.8) is 0 Å². The number of thioether (sulfide) groups is 1. The van der Waals surface area contributed by atoms with Crippen LogP contribution in [0.2, 0.25) is 0 Å². The highest BCUT2D eigenvalue weighted by atomic mass is 32.2. The fourth-order valence-electron chi connectivity index (χ4n) is 2.31. The number of nitrogens with one attached hydrogen (secondary N) is 2. The monoisotopic (exact) mass is 423 g/mol. The topological polar surface area (TPSA) is 114 Å². The molecule has 2 N–H and O–H groups in total. The molecule has 0 aliphatic rings. The molecule has 0 aliphatic carbocycles. The van der Waals surface area contributed by atoms with Crippen molar-refractivity contribution in [1.29, 1.82) is 0 Å². The maximum Gasteiger partial charge on any atom is 0.416 e. The van der Waals surface area contributed by atoms with Gasteiger partial charge in [0.25, 0.3) is 5.69 Å². The van der Waals surface area contributed by atoms with Gasteiger partial charge >= 0.3 is 6.18 Å². The highest BCUT2D eigenvalue weighted by Gasteiger charge is 2.30. The summed E-state index contributed by atoms with van der Waals surface area (Å²) in [5.41, 5.74) is -0.489. The molecule has 1 aromatic heterocycles. The number of nitro groups is 1. The maximum absolute atomic E-state index is 12.7. The normalized spacial score (nSPS) is 11.3. The minimum atomic E-state index is -4.50. The Bertz CT molecular complexity index is 1050. The van der Waals surface area contributed by atoms with Crippen molar-refractivity contribution in [2.75, 3.05) is 11.1 Å². The summed E-state index contributed by atoms with van der Waals surface area (Å²) in [6.45, 7) is 0. The van der Waals surface area contributed by atoms with Crippen LogP contribution < -0.4 is 5.32 Å². The first-order chi connectivity index (χ1) is 13.7. The molecular weight excluding hydrogens is 411 g/mol. The van der Waals surface area contributed by atoms with E-state index in [0.29, 0.717) is 5.56 Å². The van der Waals surface area contributed by atoms with Gasteiger partial charge in [0.2, 0.25) is 11.1 Å². The number of carbonyl (C=O) groups is 1. The number of benzene rings is 2. The number of hydrogen-bond acceptors (Lipinski definition) is 6. The van der Waals surface area contributed by atoms with Gasteiger partial charge in [-0.2, -0.15) is 13.2 Å². The molecule has 29 heavy (non-hydrogen) atoms. The number of H-pyrrole nitrogens is 1. The van der Waals surface area contributed by atoms with Crippen LogP contribution in [0.1, 0.15) is 5.56 Å². The summed E-state index contributed by atoms with van der Waals surface area (Å²) in [5, 5.41) is 20.0. The smallest absolute Gasteiger partial charge is 0.325 e.